The third kappa shape index (κ3) is 12.1. The van der Waals surface area contributed by atoms with Crippen LogP contribution in [-0.4, -0.2) is 0 Å². The van der Waals surface area contributed by atoms with Crippen molar-refractivity contribution in [2.45, 2.75) is 174 Å². The molecule has 0 aliphatic heterocycles. The highest BCUT2D eigenvalue weighted by atomic mass is 14.4. The first kappa shape index (κ1) is 27.2. The molecule has 0 heteroatoms. The molecule has 0 aromatic rings. The Morgan fingerprint density at radius 1 is 0.452 bits per heavy atom. The van der Waals surface area contributed by atoms with Crippen molar-refractivity contribution in [2.24, 2.45) is 23.7 Å². The first-order valence-electron chi connectivity index (χ1n) is 15.3. The molecule has 4 atom stereocenters. The lowest BCUT2D eigenvalue weighted by atomic mass is 9.68. The summed E-state index contributed by atoms with van der Waals surface area (Å²) in [5, 5.41) is 0. The molecule has 2 rings (SSSR count). The van der Waals surface area contributed by atoms with Crippen LogP contribution in [0.25, 0.3) is 0 Å². The van der Waals surface area contributed by atoms with Gasteiger partial charge in [0.1, 0.15) is 0 Å². The lowest BCUT2D eigenvalue weighted by molar-refractivity contribution is 0.129. The summed E-state index contributed by atoms with van der Waals surface area (Å²) in [6, 6.07) is 0. The van der Waals surface area contributed by atoms with Crippen molar-refractivity contribution >= 4 is 0 Å². The van der Waals surface area contributed by atoms with E-state index in [0.717, 1.165) is 23.7 Å². The second-order valence-corrected chi connectivity index (χ2v) is 11.7. The Morgan fingerprint density at radius 2 is 1.03 bits per heavy atom. The molecule has 0 spiro atoms. The number of rotatable bonds is 9. The van der Waals surface area contributed by atoms with E-state index < -0.39 is 0 Å². The van der Waals surface area contributed by atoms with Gasteiger partial charge in [0.25, 0.3) is 0 Å². The molecule has 2 fully saturated rings. The molecule has 31 heavy (non-hydrogen) atoms. The molecule has 2 aliphatic rings. The average Bonchev–Trinajstić information content (AvgIpc) is 2.80. The smallest absolute Gasteiger partial charge is 0.0357 e. The van der Waals surface area contributed by atoms with E-state index in [4.69, 9.17) is 0 Å². The minimum absolute atomic E-state index is 1.04. The fourth-order valence-electron chi connectivity index (χ4n) is 7.12. The van der Waals surface area contributed by atoms with Gasteiger partial charge in [-0.05, 0) is 30.1 Å². The molecule has 0 amide bonds. The van der Waals surface area contributed by atoms with Crippen LogP contribution in [0.4, 0.5) is 0 Å². The van der Waals surface area contributed by atoms with Crippen LogP contribution in [0.1, 0.15) is 174 Å². The Bertz CT molecular complexity index is 385. The molecule has 4 unspecified atom stereocenters. The van der Waals surface area contributed by atoms with Gasteiger partial charge in [-0.3, -0.25) is 0 Å². The molecule has 0 N–H and O–H groups in total. The monoisotopic (exact) mass is 432 g/mol. The van der Waals surface area contributed by atoms with Crippen molar-refractivity contribution in [3.63, 3.8) is 0 Å². The van der Waals surface area contributed by atoms with Crippen LogP contribution in [0, 0.1) is 23.7 Å². The van der Waals surface area contributed by atoms with Crippen LogP contribution < -0.4 is 0 Å². The van der Waals surface area contributed by atoms with E-state index in [1.165, 1.54) is 122 Å². The minimum atomic E-state index is 1.04. The zero-order valence-electron chi connectivity index (χ0n) is 22.0. The Labute approximate surface area is 198 Å². The molecular formula is C31H60. The van der Waals surface area contributed by atoms with E-state index in [2.05, 4.69) is 13.8 Å². The van der Waals surface area contributed by atoms with E-state index in [0.29, 0.717) is 0 Å². The minimum Gasteiger partial charge on any atom is -0.0654 e. The summed E-state index contributed by atoms with van der Waals surface area (Å²) in [5.41, 5.74) is 0. The van der Waals surface area contributed by atoms with Crippen LogP contribution in [0.15, 0.2) is 0 Å². The van der Waals surface area contributed by atoms with E-state index in [-0.39, 0.29) is 0 Å². The number of hydrogen-bond acceptors (Lipinski definition) is 0. The summed E-state index contributed by atoms with van der Waals surface area (Å²) in [7, 11) is 0. The molecule has 0 heterocycles. The summed E-state index contributed by atoms with van der Waals surface area (Å²) in [5.74, 6) is 4.27. The molecule has 0 aromatic heterocycles. The first-order valence-corrected chi connectivity index (χ1v) is 15.3. The van der Waals surface area contributed by atoms with Gasteiger partial charge in [-0.1, -0.05) is 168 Å². The largest absolute Gasteiger partial charge is 0.0654 e. The second kappa shape index (κ2) is 18.4. The molecule has 2 saturated carbocycles. The highest BCUT2D eigenvalue weighted by Crippen LogP contribution is 2.42. The average molecular weight is 433 g/mol. The highest BCUT2D eigenvalue weighted by molar-refractivity contribution is 4.82. The Hall–Kier alpha value is 0. The van der Waals surface area contributed by atoms with E-state index in [1.807, 2.05) is 0 Å². The van der Waals surface area contributed by atoms with Gasteiger partial charge in [0.2, 0.25) is 0 Å². The molecule has 184 valence electrons. The molecule has 0 radical (unpaired) electrons. The summed E-state index contributed by atoms with van der Waals surface area (Å²) in [4.78, 5) is 0. The summed E-state index contributed by atoms with van der Waals surface area (Å²) in [6.45, 7) is 4.74. The topological polar surface area (TPSA) is 0 Å². The summed E-state index contributed by atoms with van der Waals surface area (Å²) < 4.78 is 0. The van der Waals surface area contributed by atoms with Gasteiger partial charge < -0.3 is 0 Å². The highest BCUT2D eigenvalue weighted by Gasteiger charge is 2.31. The molecule has 0 aromatic carbocycles. The van der Waals surface area contributed by atoms with Gasteiger partial charge >= 0.3 is 0 Å². The van der Waals surface area contributed by atoms with Crippen LogP contribution in [-0.2, 0) is 0 Å². The van der Waals surface area contributed by atoms with Gasteiger partial charge in [0, 0.05) is 0 Å². The predicted molar refractivity (Wildman–Crippen MR) is 141 cm³/mol. The number of unbranched alkanes of at least 4 members (excludes halogenated alkanes) is 4. The maximum atomic E-state index is 2.38. The fraction of sp³-hybridized carbons (Fsp3) is 1.00. The third-order valence-corrected chi connectivity index (χ3v) is 9.09. The van der Waals surface area contributed by atoms with Crippen molar-refractivity contribution in [1.82, 2.24) is 0 Å². The Morgan fingerprint density at radius 3 is 1.77 bits per heavy atom. The summed E-state index contributed by atoms with van der Waals surface area (Å²) >= 11 is 0. The Kier molecular flexibility index (Phi) is 16.2. The molecule has 0 nitrogen and oxygen atoms in total. The van der Waals surface area contributed by atoms with Crippen molar-refractivity contribution in [3.05, 3.63) is 0 Å². The van der Waals surface area contributed by atoms with Gasteiger partial charge in [-0.2, -0.15) is 0 Å². The van der Waals surface area contributed by atoms with Crippen molar-refractivity contribution < 1.29 is 0 Å². The first-order chi connectivity index (χ1) is 15.3. The quantitative estimate of drug-likeness (QED) is 0.318. The molecule has 2 aliphatic carbocycles. The van der Waals surface area contributed by atoms with Crippen molar-refractivity contribution in [3.8, 4) is 0 Å². The maximum Gasteiger partial charge on any atom is -0.0357 e. The van der Waals surface area contributed by atoms with Crippen molar-refractivity contribution in [2.75, 3.05) is 0 Å². The zero-order chi connectivity index (χ0) is 22.0. The van der Waals surface area contributed by atoms with E-state index in [9.17, 15) is 0 Å². The van der Waals surface area contributed by atoms with Crippen LogP contribution >= 0.6 is 0 Å². The van der Waals surface area contributed by atoms with E-state index in [1.54, 1.807) is 38.5 Å². The molecule has 0 saturated heterocycles. The van der Waals surface area contributed by atoms with Crippen LogP contribution in [0.5, 0.6) is 0 Å². The predicted octanol–water partition coefficient (Wildman–Crippen LogP) is 11.3. The van der Waals surface area contributed by atoms with Crippen LogP contribution in [0.2, 0.25) is 0 Å². The van der Waals surface area contributed by atoms with E-state index >= 15 is 0 Å². The van der Waals surface area contributed by atoms with Gasteiger partial charge in [0.15, 0.2) is 0 Å². The lowest BCUT2D eigenvalue weighted by Crippen LogP contribution is -2.27. The Balaban J connectivity index is 1.92. The second-order valence-electron chi connectivity index (χ2n) is 11.7. The SMILES string of the molecule is CCCCCCC1CCCCC1C1CCCCCCCCCCC(CCCC)CCC1. The van der Waals surface area contributed by atoms with Gasteiger partial charge in [-0.25, -0.2) is 0 Å². The normalized spacial score (nSPS) is 30.4. The third-order valence-electron chi connectivity index (χ3n) is 9.09. The molecular weight excluding hydrogens is 372 g/mol. The number of hydrogen-bond donors (Lipinski definition) is 0. The lowest BCUT2D eigenvalue weighted by Gasteiger charge is -2.38. The zero-order valence-corrected chi connectivity index (χ0v) is 22.0. The standard InChI is InChI=1S/C31H60/c1-3-5-7-15-23-29-25-17-18-27-31(29)30-24-16-13-11-9-8-10-12-14-21-28(20-6-4-2)22-19-26-30/h28-31H,3-27H2,1-2H3. The van der Waals surface area contributed by atoms with Gasteiger partial charge in [0.05, 0.1) is 0 Å². The molecule has 0 bridgehead atoms. The van der Waals surface area contributed by atoms with Crippen molar-refractivity contribution in [1.29, 1.82) is 0 Å². The van der Waals surface area contributed by atoms with Gasteiger partial charge in [-0.15, -0.1) is 0 Å². The summed E-state index contributed by atoms with van der Waals surface area (Å²) in [6.07, 6.45) is 37.8. The van der Waals surface area contributed by atoms with Crippen LogP contribution in [0.3, 0.4) is 0 Å². The fourth-order valence-corrected chi connectivity index (χ4v) is 7.12. The maximum absolute atomic E-state index is 2.38.